The van der Waals surface area contributed by atoms with Crippen LogP contribution in [-0.2, 0) is 16.0 Å². The quantitative estimate of drug-likeness (QED) is 0.534. The monoisotopic (exact) mass is 448 g/mol. The van der Waals surface area contributed by atoms with Crippen molar-refractivity contribution < 1.29 is 18.8 Å². The van der Waals surface area contributed by atoms with E-state index in [1.807, 2.05) is 42.5 Å². The fourth-order valence-electron chi connectivity index (χ4n) is 3.41. The van der Waals surface area contributed by atoms with Gasteiger partial charge in [-0.25, -0.2) is 0 Å². The first-order valence-corrected chi connectivity index (χ1v) is 10.7. The Kier molecular flexibility index (Phi) is 7.03. The number of rotatable bonds is 10. The number of aromatic nitrogens is 2. The van der Waals surface area contributed by atoms with Gasteiger partial charge in [0.15, 0.2) is 5.82 Å². The molecular weight excluding hydrogens is 424 g/mol. The second-order valence-corrected chi connectivity index (χ2v) is 7.44. The van der Waals surface area contributed by atoms with Gasteiger partial charge in [-0.2, -0.15) is 4.98 Å². The summed E-state index contributed by atoms with van der Waals surface area (Å²) in [5.41, 5.74) is 1.60. The number of benzene rings is 1. The van der Waals surface area contributed by atoms with Crippen molar-refractivity contribution in [1.29, 1.82) is 0 Å². The SMILES string of the molecule is COc1cccc(-c2noc(CCC(=O)NCCCNC3=C4C=CC=CC4C(=O)N=N3)n2)c1. The zero-order valence-corrected chi connectivity index (χ0v) is 18.2. The number of nitrogens with one attached hydrogen (secondary N) is 2. The van der Waals surface area contributed by atoms with Gasteiger partial charge in [-0.05, 0) is 18.6 Å². The fourth-order valence-corrected chi connectivity index (χ4v) is 3.41. The minimum Gasteiger partial charge on any atom is -0.497 e. The molecule has 2 heterocycles. The number of hydrogen-bond donors (Lipinski definition) is 2. The van der Waals surface area contributed by atoms with Crippen LogP contribution in [0.1, 0.15) is 18.7 Å². The van der Waals surface area contributed by atoms with E-state index in [1.165, 1.54) is 0 Å². The van der Waals surface area contributed by atoms with E-state index in [1.54, 1.807) is 13.2 Å². The predicted molar refractivity (Wildman–Crippen MR) is 119 cm³/mol. The summed E-state index contributed by atoms with van der Waals surface area (Å²) in [7, 11) is 1.59. The third kappa shape index (κ3) is 5.59. The highest BCUT2D eigenvalue weighted by Crippen LogP contribution is 2.27. The molecule has 0 spiro atoms. The second kappa shape index (κ2) is 10.5. The number of methoxy groups -OCH3 is 1. The molecule has 0 radical (unpaired) electrons. The smallest absolute Gasteiger partial charge is 0.276 e. The molecule has 1 aromatic heterocycles. The third-order valence-electron chi connectivity index (χ3n) is 5.14. The lowest BCUT2D eigenvalue weighted by Crippen LogP contribution is -2.28. The first kappa shape index (κ1) is 22.1. The number of azo groups is 1. The van der Waals surface area contributed by atoms with Crippen molar-refractivity contribution in [2.24, 2.45) is 16.1 Å². The number of nitrogens with zero attached hydrogens (tertiary/aromatic N) is 4. The largest absolute Gasteiger partial charge is 0.497 e. The van der Waals surface area contributed by atoms with Crippen LogP contribution in [0.4, 0.5) is 0 Å². The minimum atomic E-state index is -0.371. The van der Waals surface area contributed by atoms with Crippen LogP contribution in [0.15, 0.2) is 74.7 Å². The Morgan fingerprint density at radius 3 is 3.00 bits per heavy atom. The van der Waals surface area contributed by atoms with Gasteiger partial charge in [-0.3, -0.25) is 9.59 Å². The number of allylic oxidation sites excluding steroid dienone is 3. The second-order valence-electron chi connectivity index (χ2n) is 7.44. The van der Waals surface area contributed by atoms with Gasteiger partial charge in [0, 0.05) is 37.1 Å². The van der Waals surface area contributed by atoms with Crippen molar-refractivity contribution in [2.45, 2.75) is 19.3 Å². The maximum Gasteiger partial charge on any atom is 0.276 e. The van der Waals surface area contributed by atoms with Crippen molar-refractivity contribution in [3.63, 3.8) is 0 Å². The van der Waals surface area contributed by atoms with Gasteiger partial charge in [-0.1, -0.05) is 41.6 Å². The number of ether oxygens (including phenoxy) is 1. The summed E-state index contributed by atoms with van der Waals surface area (Å²) >= 11 is 0. The van der Waals surface area contributed by atoms with Crippen LogP contribution in [-0.4, -0.2) is 42.2 Å². The fraction of sp³-hybridized carbons (Fsp3) is 0.304. The highest BCUT2D eigenvalue weighted by molar-refractivity contribution is 5.86. The highest BCUT2D eigenvalue weighted by atomic mass is 16.5. The van der Waals surface area contributed by atoms with E-state index in [2.05, 4.69) is 31.0 Å². The maximum atomic E-state index is 12.1. The Morgan fingerprint density at radius 2 is 2.12 bits per heavy atom. The average Bonchev–Trinajstić information content (AvgIpc) is 3.33. The molecule has 4 rings (SSSR count). The van der Waals surface area contributed by atoms with E-state index < -0.39 is 0 Å². The van der Waals surface area contributed by atoms with Crippen LogP contribution >= 0.6 is 0 Å². The molecule has 1 unspecified atom stereocenters. The molecule has 1 atom stereocenters. The van der Waals surface area contributed by atoms with E-state index in [0.29, 0.717) is 49.2 Å². The molecule has 1 aromatic carbocycles. The summed E-state index contributed by atoms with van der Waals surface area (Å²) in [6.45, 7) is 1.09. The van der Waals surface area contributed by atoms with Crippen LogP contribution < -0.4 is 15.4 Å². The predicted octanol–water partition coefficient (Wildman–Crippen LogP) is 2.72. The van der Waals surface area contributed by atoms with Gasteiger partial charge >= 0.3 is 0 Å². The topological polar surface area (TPSA) is 131 Å². The first-order valence-electron chi connectivity index (χ1n) is 10.7. The van der Waals surface area contributed by atoms with E-state index in [4.69, 9.17) is 9.26 Å². The maximum absolute atomic E-state index is 12.1. The Balaban J connectivity index is 1.17. The van der Waals surface area contributed by atoms with Crippen LogP contribution in [0, 0.1) is 5.92 Å². The van der Waals surface area contributed by atoms with Gasteiger partial charge in [0.2, 0.25) is 17.6 Å². The Bertz CT molecular complexity index is 1150. The molecule has 170 valence electrons. The molecule has 2 N–H and O–H groups in total. The molecule has 0 bridgehead atoms. The Hall–Kier alpha value is -4.08. The van der Waals surface area contributed by atoms with Crippen molar-refractivity contribution >= 4 is 11.8 Å². The van der Waals surface area contributed by atoms with Gasteiger partial charge in [0.25, 0.3) is 5.91 Å². The van der Waals surface area contributed by atoms with Gasteiger partial charge in [0.1, 0.15) is 5.75 Å². The summed E-state index contributed by atoms with van der Waals surface area (Å²) in [5.74, 6) is 1.43. The summed E-state index contributed by atoms with van der Waals surface area (Å²) in [6.07, 6.45) is 8.66. The molecule has 33 heavy (non-hydrogen) atoms. The van der Waals surface area contributed by atoms with Crippen LogP contribution in [0.3, 0.4) is 0 Å². The molecule has 1 aliphatic carbocycles. The average molecular weight is 448 g/mol. The lowest BCUT2D eigenvalue weighted by Gasteiger charge is -2.20. The van der Waals surface area contributed by atoms with Gasteiger partial charge < -0.3 is 19.9 Å². The number of hydrogen-bond acceptors (Lipinski definition) is 8. The number of aryl methyl sites for hydroxylation is 1. The molecule has 2 amide bonds. The lowest BCUT2D eigenvalue weighted by atomic mass is 9.93. The van der Waals surface area contributed by atoms with E-state index in [0.717, 1.165) is 11.1 Å². The molecule has 2 aromatic rings. The molecule has 1 aliphatic heterocycles. The number of carbonyl (C=O) groups is 2. The van der Waals surface area contributed by atoms with Crippen molar-refractivity contribution in [2.75, 3.05) is 20.2 Å². The molecule has 0 saturated heterocycles. The van der Waals surface area contributed by atoms with Crippen molar-refractivity contribution in [3.05, 3.63) is 65.9 Å². The molecule has 0 saturated carbocycles. The van der Waals surface area contributed by atoms with Crippen LogP contribution in [0.5, 0.6) is 5.75 Å². The van der Waals surface area contributed by atoms with E-state index >= 15 is 0 Å². The highest BCUT2D eigenvalue weighted by Gasteiger charge is 2.26. The van der Waals surface area contributed by atoms with E-state index in [-0.39, 0.29) is 24.2 Å². The number of fused-ring (bicyclic) bond motifs is 1. The lowest BCUT2D eigenvalue weighted by molar-refractivity contribution is -0.121. The molecule has 0 fully saturated rings. The summed E-state index contributed by atoms with van der Waals surface area (Å²) < 4.78 is 10.5. The summed E-state index contributed by atoms with van der Waals surface area (Å²) in [6, 6.07) is 7.37. The van der Waals surface area contributed by atoms with Crippen LogP contribution in [0.25, 0.3) is 11.4 Å². The third-order valence-corrected chi connectivity index (χ3v) is 5.14. The van der Waals surface area contributed by atoms with Crippen molar-refractivity contribution in [1.82, 2.24) is 20.8 Å². The Morgan fingerprint density at radius 1 is 1.21 bits per heavy atom. The van der Waals surface area contributed by atoms with Crippen LogP contribution in [0.2, 0.25) is 0 Å². The molecule has 2 aliphatic rings. The molecule has 10 heteroatoms. The normalized spacial score (nSPS) is 16.6. The minimum absolute atomic E-state index is 0.0958. The zero-order valence-electron chi connectivity index (χ0n) is 18.2. The standard InChI is InChI=1S/C23H24N6O4/c1-32-16-7-4-6-15(14-16)21-26-20(33-29-21)11-10-19(30)24-12-5-13-25-22-17-8-2-3-9-18(17)23(31)28-27-22/h2-4,6-9,14,18,25H,5,10-13H2,1H3,(H,24,30). The number of amides is 2. The number of carbonyl (C=O) groups excluding carboxylic acids is 2. The van der Waals surface area contributed by atoms with Gasteiger partial charge in [0.05, 0.1) is 13.0 Å². The Labute approximate surface area is 190 Å². The summed E-state index contributed by atoms with van der Waals surface area (Å²) in [5, 5.41) is 17.7. The zero-order chi connectivity index (χ0) is 23.0. The molecular formula is C23H24N6O4. The van der Waals surface area contributed by atoms with Crippen molar-refractivity contribution in [3.8, 4) is 17.1 Å². The summed E-state index contributed by atoms with van der Waals surface area (Å²) in [4.78, 5) is 28.3. The molecule has 10 nitrogen and oxygen atoms in total. The van der Waals surface area contributed by atoms with Gasteiger partial charge in [-0.15, -0.1) is 10.2 Å². The van der Waals surface area contributed by atoms with E-state index in [9.17, 15) is 9.59 Å². The first-order chi connectivity index (χ1) is 16.1.